The molecule has 0 aliphatic carbocycles. The van der Waals surface area contributed by atoms with Crippen LogP contribution in [0.4, 0.5) is 0 Å². The van der Waals surface area contributed by atoms with Crippen molar-refractivity contribution in [3.05, 3.63) is 41.8 Å². The molecular weight excluding hydrogens is 262 g/mol. The number of hydrogen-bond donors (Lipinski definition) is 1. The molecule has 0 aliphatic heterocycles. The molecule has 0 saturated heterocycles. The van der Waals surface area contributed by atoms with Gasteiger partial charge in [0.2, 0.25) is 11.8 Å². The smallest absolute Gasteiger partial charge is 0.277 e. The molecule has 0 unspecified atom stereocenters. The highest BCUT2D eigenvalue weighted by Gasteiger charge is 2.07. The quantitative estimate of drug-likeness (QED) is 0.816. The highest BCUT2D eigenvalue weighted by molar-refractivity contribution is 7.99. The summed E-state index contributed by atoms with van der Waals surface area (Å²) in [6, 6.07) is 10.0. The van der Waals surface area contributed by atoms with Crippen molar-refractivity contribution in [1.29, 1.82) is 0 Å². The lowest BCUT2D eigenvalue weighted by Crippen LogP contribution is -2.27. The van der Waals surface area contributed by atoms with Crippen molar-refractivity contribution in [3.63, 3.8) is 0 Å². The highest BCUT2D eigenvalue weighted by Crippen LogP contribution is 2.14. The van der Waals surface area contributed by atoms with Crippen molar-refractivity contribution >= 4 is 17.7 Å². The van der Waals surface area contributed by atoms with Gasteiger partial charge in [-0.15, -0.1) is 10.2 Å². The molecule has 1 aromatic carbocycles. The standard InChI is InChI=1S/C13H15N3O2S/c1-10-15-16-13(18-10)19-9-12(17)14-8-7-11-5-3-2-4-6-11/h2-6H,7-9H2,1H3,(H,14,17). The number of nitrogens with zero attached hydrogens (tertiary/aromatic N) is 2. The van der Waals surface area contributed by atoms with Gasteiger partial charge in [-0.05, 0) is 12.0 Å². The number of hydrogen-bond acceptors (Lipinski definition) is 5. The maximum atomic E-state index is 11.6. The van der Waals surface area contributed by atoms with Gasteiger partial charge in [0.15, 0.2) is 0 Å². The number of benzene rings is 1. The van der Waals surface area contributed by atoms with E-state index < -0.39 is 0 Å². The summed E-state index contributed by atoms with van der Waals surface area (Å²) < 4.78 is 5.17. The van der Waals surface area contributed by atoms with Gasteiger partial charge in [0.05, 0.1) is 5.75 Å². The van der Waals surface area contributed by atoms with Crippen LogP contribution in [-0.4, -0.2) is 28.4 Å². The average molecular weight is 277 g/mol. The Morgan fingerprint density at radius 3 is 2.79 bits per heavy atom. The second-order valence-corrected chi connectivity index (χ2v) is 4.89. The molecule has 0 fully saturated rings. The zero-order valence-corrected chi connectivity index (χ0v) is 11.4. The molecule has 0 radical (unpaired) electrons. The number of aryl methyl sites for hydroxylation is 1. The Labute approximate surface area is 115 Å². The summed E-state index contributed by atoms with van der Waals surface area (Å²) in [6.07, 6.45) is 0.830. The fourth-order valence-electron chi connectivity index (χ4n) is 1.51. The van der Waals surface area contributed by atoms with Crippen LogP contribution in [0.3, 0.4) is 0 Å². The average Bonchev–Trinajstić information content (AvgIpc) is 2.83. The molecule has 1 heterocycles. The number of carbonyl (C=O) groups excluding carboxylic acids is 1. The number of nitrogens with one attached hydrogen (secondary N) is 1. The number of rotatable bonds is 6. The third-order valence-corrected chi connectivity index (χ3v) is 3.23. The van der Waals surface area contributed by atoms with E-state index in [2.05, 4.69) is 15.5 Å². The van der Waals surface area contributed by atoms with Crippen molar-refractivity contribution in [2.24, 2.45) is 0 Å². The fourth-order valence-corrected chi connectivity index (χ4v) is 2.14. The van der Waals surface area contributed by atoms with E-state index in [4.69, 9.17) is 4.42 Å². The Morgan fingerprint density at radius 1 is 1.32 bits per heavy atom. The van der Waals surface area contributed by atoms with E-state index in [1.807, 2.05) is 30.3 Å². The molecular formula is C13H15N3O2S. The van der Waals surface area contributed by atoms with Crippen LogP contribution in [0.5, 0.6) is 0 Å². The molecule has 5 nitrogen and oxygen atoms in total. The van der Waals surface area contributed by atoms with Crippen LogP contribution >= 0.6 is 11.8 Å². The van der Waals surface area contributed by atoms with Crippen molar-refractivity contribution in [2.45, 2.75) is 18.6 Å². The molecule has 1 amide bonds. The van der Waals surface area contributed by atoms with Crippen LogP contribution in [0.15, 0.2) is 40.0 Å². The van der Waals surface area contributed by atoms with Crippen LogP contribution in [0.25, 0.3) is 0 Å². The van der Waals surface area contributed by atoms with Crippen molar-refractivity contribution in [3.8, 4) is 0 Å². The predicted molar refractivity (Wildman–Crippen MR) is 72.9 cm³/mol. The van der Waals surface area contributed by atoms with E-state index in [0.717, 1.165) is 6.42 Å². The molecule has 19 heavy (non-hydrogen) atoms. The van der Waals surface area contributed by atoms with Gasteiger partial charge in [0.1, 0.15) is 0 Å². The molecule has 0 spiro atoms. The van der Waals surface area contributed by atoms with Gasteiger partial charge in [-0.25, -0.2) is 0 Å². The van der Waals surface area contributed by atoms with Crippen molar-refractivity contribution in [1.82, 2.24) is 15.5 Å². The molecule has 1 N–H and O–H groups in total. The second-order valence-electron chi connectivity index (χ2n) is 3.96. The first kappa shape index (κ1) is 13.6. The number of carbonyl (C=O) groups is 1. The Hall–Kier alpha value is -1.82. The minimum Gasteiger partial charge on any atom is -0.416 e. The zero-order chi connectivity index (χ0) is 13.5. The van der Waals surface area contributed by atoms with E-state index in [0.29, 0.717) is 17.7 Å². The number of thioether (sulfide) groups is 1. The van der Waals surface area contributed by atoms with Crippen molar-refractivity contribution in [2.75, 3.05) is 12.3 Å². The van der Waals surface area contributed by atoms with Gasteiger partial charge in [-0.3, -0.25) is 4.79 Å². The topological polar surface area (TPSA) is 68.0 Å². The minimum absolute atomic E-state index is 0.0308. The van der Waals surface area contributed by atoms with E-state index in [-0.39, 0.29) is 11.7 Å². The second kappa shape index (κ2) is 6.94. The largest absolute Gasteiger partial charge is 0.416 e. The zero-order valence-electron chi connectivity index (χ0n) is 10.6. The lowest BCUT2D eigenvalue weighted by molar-refractivity contribution is -0.118. The first-order valence-corrected chi connectivity index (χ1v) is 6.96. The van der Waals surface area contributed by atoms with Crippen LogP contribution in [0, 0.1) is 6.92 Å². The molecule has 2 aromatic rings. The summed E-state index contributed by atoms with van der Waals surface area (Å²) in [6.45, 7) is 2.35. The monoisotopic (exact) mass is 277 g/mol. The van der Waals surface area contributed by atoms with Gasteiger partial charge in [0, 0.05) is 13.5 Å². The summed E-state index contributed by atoms with van der Waals surface area (Å²) in [5.74, 6) is 0.764. The summed E-state index contributed by atoms with van der Waals surface area (Å²) in [5.41, 5.74) is 1.21. The third kappa shape index (κ3) is 4.75. The molecule has 0 bridgehead atoms. The van der Waals surface area contributed by atoms with Gasteiger partial charge in [-0.2, -0.15) is 0 Å². The first-order chi connectivity index (χ1) is 9.24. The molecule has 100 valence electrons. The molecule has 2 rings (SSSR count). The maximum absolute atomic E-state index is 11.6. The molecule has 0 saturated carbocycles. The fraction of sp³-hybridized carbons (Fsp3) is 0.308. The van der Waals surface area contributed by atoms with Gasteiger partial charge >= 0.3 is 0 Å². The summed E-state index contributed by atoms with van der Waals surface area (Å²) in [7, 11) is 0. The summed E-state index contributed by atoms with van der Waals surface area (Å²) in [5, 5.41) is 10.8. The van der Waals surface area contributed by atoms with Gasteiger partial charge in [-0.1, -0.05) is 42.1 Å². The molecule has 0 atom stereocenters. The SMILES string of the molecule is Cc1nnc(SCC(=O)NCCc2ccccc2)o1. The molecule has 6 heteroatoms. The molecule has 1 aromatic heterocycles. The Balaban J connectivity index is 1.65. The van der Waals surface area contributed by atoms with E-state index in [1.54, 1.807) is 6.92 Å². The maximum Gasteiger partial charge on any atom is 0.277 e. The highest BCUT2D eigenvalue weighted by atomic mass is 32.2. The lowest BCUT2D eigenvalue weighted by Gasteiger charge is -2.04. The predicted octanol–water partition coefficient (Wildman–Crippen LogP) is 1.83. The summed E-state index contributed by atoms with van der Waals surface area (Å²) >= 11 is 1.24. The normalized spacial score (nSPS) is 10.4. The van der Waals surface area contributed by atoms with E-state index in [9.17, 15) is 4.79 Å². The van der Waals surface area contributed by atoms with Crippen LogP contribution < -0.4 is 5.32 Å². The number of aromatic nitrogens is 2. The summed E-state index contributed by atoms with van der Waals surface area (Å²) in [4.78, 5) is 11.6. The van der Waals surface area contributed by atoms with Crippen molar-refractivity contribution < 1.29 is 9.21 Å². The Kier molecular flexibility index (Phi) is 4.97. The third-order valence-electron chi connectivity index (χ3n) is 2.41. The lowest BCUT2D eigenvalue weighted by atomic mass is 10.1. The van der Waals surface area contributed by atoms with Gasteiger partial charge in [0.25, 0.3) is 5.22 Å². The van der Waals surface area contributed by atoms with Crippen LogP contribution in [0.2, 0.25) is 0 Å². The molecule has 0 aliphatic rings. The Morgan fingerprint density at radius 2 is 2.11 bits per heavy atom. The number of amides is 1. The van der Waals surface area contributed by atoms with E-state index in [1.165, 1.54) is 17.3 Å². The van der Waals surface area contributed by atoms with Crippen LogP contribution in [0.1, 0.15) is 11.5 Å². The first-order valence-electron chi connectivity index (χ1n) is 5.97. The minimum atomic E-state index is -0.0308. The van der Waals surface area contributed by atoms with Crippen LogP contribution in [-0.2, 0) is 11.2 Å². The van der Waals surface area contributed by atoms with E-state index >= 15 is 0 Å². The Bertz CT molecular complexity index is 528. The van der Waals surface area contributed by atoms with Gasteiger partial charge < -0.3 is 9.73 Å².